The van der Waals surface area contributed by atoms with Crippen LogP contribution in [0.3, 0.4) is 0 Å². The molecule has 1 fully saturated rings. The number of nitrogens with two attached hydrogens (primary N) is 1. The Morgan fingerprint density at radius 3 is 3.00 bits per heavy atom. The first-order chi connectivity index (χ1) is 8.59. The molecule has 0 aliphatic carbocycles. The summed E-state index contributed by atoms with van der Waals surface area (Å²) >= 11 is 4.60. The van der Waals surface area contributed by atoms with Gasteiger partial charge in [0.1, 0.15) is 11.5 Å². The first-order valence-corrected chi connectivity index (χ1v) is 7.23. The molecule has 2 amide bonds. The van der Waals surface area contributed by atoms with Gasteiger partial charge >= 0.3 is 12.0 Å². The molecule has 1 atom stereocenters. The molecular formula is C11H13BrN2O3S. The van der Waals surface area contributed by atoms with Crippen molar-refractivity contribution in [3.8, 4) is 0 Å². The van der Waals surface area contributed by atoms with Gasteiger partial charge in [-0.2, -0.15) is 0 Å². The number of halogens is 1. The lowest BCUT2D eigenvalue weighted by Gasteiger charge is -2.21. The summed E-state index contributed by atoms with van der Waals surface area (Å²) in [6, 6.07) is 1.25. The number of carbonyl (C=O) groups excluding carboxylic acids is 2. The minimum atomic E-state index is -0.453. The van der Waals surface area contributed by atoms with Crippen LogP contribution >= 0.6 is 27.3 Å². The lowest BCUT2D eigenvalue weighted by Crippen LogP contribution is -2.41. The van der Waals surface area contributed by atoms with Crippen molar-refractivity contribution < 1.29 is 14.3 Å². The molecule has 7 heteroatoms. The smallest absolute Gasteiger partial charge is 0.349 e. The van der Waals surface area contributed by atoms with E-state index >= 15 is 0 Å². The predicted molar refractivity (Wildman–Crippen MR) is 71.6 cm³/mol. The molecule has 1 saturated heterocycles. The number of esters is 1. The van der Waals surface area contributed by atoms with Gasteiger partial charge in [0.15, 0.2) is 0 Å². The third kappa shape index (κ3) is 2.84. The first-order valence-electron chi connectivity index (χ1n) is 5.56. The molecular weight excluding hydrogens is 320 g/mol. The zero-order valence-corrected chi connectivity index (χ0v) is 12.0. The molecule has 1 aliphatic rings. The third-order valence-electron chi connectivity index (χ3n) is 2.87. The van der Waals surface area contributed by atoms with Crippen LogP contribution in [0.5, 0.6) is 0 Å². The van der Waals surface area contributed by atoms with Crippen LogP contribution in [0.2, 0.25) is 0 Å². The Bertz CT molecular complexity index is 463. The van der Waals surface area contributed by atoms with E-state index in [9.17, 15) is 9.59 Å². The van der Waals surface area contributed by atoms with Crippen LogP contribution in [0.15, 0.2) is 15.9 Å². The van der Waals surface area contributed by atoms with E-state index in [-0.39, 0.29) is 18.6 Å². The fourth-order valence-electron chi connectivity index (χ4n) is 1.98. The van der Waals surface area contributed by atoms with E-state index in [4.69, 9.17) is 10.5 Å². The molecule has 0 saturated carbocycles. The van der Waals surface area contributed by atoms with Crippen molar-refractivity contribution in [2.24, 2.45) is 5.73 Å². The number of amides is 2. The summed E-state index contributed by atoms with van der Waals surface area (Å²) in [5, 5.41) is 1.81. The second-order valence-corrected chi connectivity index (χ2v) is 5.79. The molecule has 2 heterocycles. The quantitative estimate of drug-likeness (QED) is 0.862. The summed E-state index contributed by atoms with van der Waals surface area (Å²) in [6.07, 6.45) is 1.72. The zero-order valence-electron chi connectivity index (χ0n) is 9.60. The molecule has 1 aromatic heterocycles. The Labute approximate surface area is 117 Å². The van der Waals surface area contributed by atoms with Gasteiger partial charge < -0.3 is 15.4 Å². The molecule has 0 radical (unpaired) electrons. The number of likely N-dealkylation sites (tertiary alicyclic amines) is 1. The number of ether oxygens (including phenoxy) is 1. The summed E-state index contributed by atoms with van der Waals surface area (Å²) < 4.78 is 5.96. The van der Waals surface area contributed by atoms with Crippen LogP contribution in [-0.2, 0) is 4.74 Å². The summed E-state index contributed by atoms with van der Waals surface area (Å²) in [5.41, 5.74) is 5.25. The second kappa shape index (κ2) is 5.71. The van der Waals surface area contributed by atoms with Gasteiger partial charge in [-0.05, 0) is 40.2 Å². The Morgan fingerprint density at radius 2 is 2.39 bits per heavy atom. The first kappa shape index (κ1) is 13.4. The number of thiophene rings is 1. The van der Waals surface area contributed by atoms with E-state index < -0.39 is 6.03 Å². The average Bonchev–Trinajstić information content (AvgIpc) is 2.94. The summed E-state index contributed by atoms with van der Waals surface area (Å²) in [4.78, 5) is 25.0. The van der Waals surface area contributed by atoms with Gasteiger partial charge in [0.2, 0.25) is 0 Å². The predicted octanol–water partition coefficient (Wildman–Crippen LogP) is 2.21. The topological polar surface area (TPSA) is 72.6 Å². The van der Waals surface area contributed by atoms with Crippen LogP contribution in [0.25, 0.3) is 0 Å². The number of rotatable bonds is 3. The highest BCUT2D eigenvalue weighted by Gasteiger charge is 2.28. The third-order valence-corrected chi connectivity index (χ3v) is 4.69. The SMILES string of the molecule is NC(=O)N1CCCC1COC(=O)c1sccc1Br. The van der Waals surface area contributed by atoms with Crippen molar-refractivity contribution in [2.45, 2.75) is 18.9 Å². The van der Waals surface area contributed by atoms with Crippen LogP contribution in [0.1, 0.15) is 22.5 Å². The van der Waals surface area contributed by atoms with Gasteiger partial charge in [-0.15, -0.1) is 11.3 Å². The molecule has 2 N–H and O–H groups in total. The van der Waals surface area contributed by atoms with E-state index in [2.05, 4.69) is 15.9 Å². The van der Waals surface area contributed by atoms with Crippen LogP contribution in [0.4, 0.5) is 4.79 Å². The number of urea groups is 1. The fourth-order valence-corrected chi connectivity index (χ4v) is 3.40. The summed E-state index contributed by atoms with van der Waals surface area (Å²) in [7, 11) is 0. The Hall–Kier alpha value is -1.08. The molecule has 1 aliphatic heterocycles. The van der Waals surface area contributed by atoms with Crippen LogP contribution in [-0.4, -0.2) is 36.1 Å². The van der Waals surface area contributed by atoms with E-state index in [1.165, 1.54) is 11.3 Å². The Kier molecular flexibility index (Phi) is 4.23. The lowest BCUT2D eigenvalue weighted by molar-refractivity contribution is 0.0427. The number of hydrogen-bond acceptors (Lipinski definition) is 4. The van der Waals surface area contributed by atoms with E-state index in [1.807, 2.05) is 5.38 Å². The van der Waals surface area contributed by atoms with Gasteiger partial charge in [-0.25, -0.2) is 9.59 Å². The Balaban J connectivity index is 1.90. The van der Waals surface area contributed by atoms with E-state index in [1.54, 1.807) is 11.0 Å². The molecule has 0 bridgehead atoms. The molecule has 1 aromatic rings. The van der Waals surface area contributed by atoms with Crippen LogP contribution in [0, 0.1) is 0 Å². The second-order valence-electron chi connectivity index (χ2n) is 4.02. The maximum absolute atomic E-state index is 11.8. The highest BCUT2D eigenvalue weighted by molar-refractivity contribution is 9.10. The highest BCUT2D eigenvalue weighted by atomic mass is 79.9. The number of nitrogens with zero attached hydrogens (tertiary/aromatic N) is 1. The zero-order chi connectivity index (χ0) is 13.1. The summed E-state index contributed by atoms with van der Waals surface area (Å²) in [6.45, 7) is 0.840. The minimum absolute atomic E-state index is 0.0924. The van der Waals surface area contributed by atoms with Crippen molar-refractivity contribution in [1.82, 2.24) is 4.90 Å². The molecule has 2 rings (SSSR count). The largest absolute Gasteiger partial charge is 0.459 e. The van der Waals surface area contributed by atoms with Crippen molar-refractivity contribution in [3.63, 3.8) is 0 Å². The molecule has 5 nitrogen and oxygen atoms in total. The monoisotopic (exact) mass is 332 g/mol. The van der Waals surface area contributed by atoms with Crippen LogP contribution < -0.4 is 5.73 Å². The molecule has 1 unspecified atom stereocenters. The number of primary amides is 1. The minimum Gasteiger partial charge on any atom is -0.459 e. The lowest BCUT2D eigenvalue weighted by atomic mass is 10.2. The number of carbonyl (C=O) groups is 2. The van der Waals surface area contributed by atoms with Gasteiger partial charge in [0.05, 0.1) is 6.04 Å². The maximum Gasteiger partial charge on any atom is 0.349 e. The molecule has 0 aromatic carbocycles. The average molecular weight is 333 g/mol. The summed E-state index contributed by atoms with van der Waals surface area (Å²) in [5.74, 6) is -0.367. The highest BCUT2D eigenvalue weighted by Crippen LogP contribution is 2.24. The number of hydrogen-bond donors (Lipinski definition) is 1. The molecule has 0 spiro atoms. The maximum atomic E-state index is 11.8. The van der Waals surface area contributed by atoms with Gasteiger partial charge in [-0.1, -0.05) is 0 Å². The standard InChI is InChI=1S/C11H13BrN2O3S/c12-8-3-5-18-9(8)10(15)17-6-7-2-1-4-14(7)11(13)16/h3,5,7H,1-2,4,6H2,(H2,13,16). The van der Waals surface area contributed by atoms with Crippen molar-refractivity contribution in [1.29, 1.82) is 0 Å². The fraction of sp³-hybridized carbons (Fsp3) is 0.455. The molecule has 98 valence electrons. The van der Waals surface area contributed by atoms with Gasteiger partial charge in [0.25, 0.3) is 0 Å². The van der Waals surface area contributed by atoms with E-state index in [0.29, 0.717) is 11.4 Å². The van der Waals surface area contributed by atoms with Crippen molar-refractivity contribution in [2.75, 3.05) is 13.2 Å². The van der Waals surface area contributed by atoms with Crippen molar-refractivity contribution in [3.05, 3.63) is 20.8 Å². The normalized spacial score (nSPS) is 18.9. The van der Waals surface area contributed by atoms with Gasteiger partial charge in [-0.3, -0.25) is 0 Å². The van der Waals surface area contributed by atoms with Gasteiger partial charge in [0, 0.05) is 11.0 Å². The van der Waals surface area contributed by atoms with Crippen molar-refractivity contribution >= 4 is 39.3 Å². The van der Waals surface area contributed by atoms with E-state index in [0.717, 1.165) is 17.3 Å². The molecule has 18 heavy (non-hydrogen) atoms. The Morgan fingerprint density at radius 1 is 1.61 bits per heavy atom.